The van der Waals surface area contributed by atoms with Crippen LogP contribution in [0.3, 0.4) is 0 Å². The number of anilines is 1. The van der Waals surface area contributed by atoms with Gasteiger partial charge in [-0.2, -0.15) is 0 Å². The zero-order valence-corrected chi connectivity index (χ0v) is 18.5. The van der Waals surface area contributed by atoms with Crippen molar-refractivity contribution in [3.8, 4) is 5.75 Å². The molecule has 0 atom stereocenters. The van der Waals surface area contributed by atoms with Crippen LogP contribution in [0.2, 0.25) is 0 Å². The molecule has 6 nitrogen and oxygen atoms in total. The van der Waals surface area contributed by atoms with Crippen LogP contribution in [0, 0.1) is 5.92 Å². The minimum Gasteiger partial charge on any atom is -0.484 e. The topological polar surface area (TPSA) is 61.9 Å². The van der Waals surface area contributed by atoms with Gasteiger partial charge in [0.1, 0.15) is 5.75 Å². The van der Waals surface area contributed by atoms with Gasteiger partial charge in [0, 0.05) is 55.3 Å². The molecule has 1 aliphatic carbocycles. The summed E-state index contributed by atoms with van der Waals surface area (Å²) < 4.78 is 6.83. The highest BCUT2D eigenvalue weighted by Crippen LogP contribution is 2.30. The maximum atomic E-state index is 12.5. The predicted octanol–water partition coefficient (Wildman–Crippen LogP) is 3.58. The fourth-order valence-corrected chi connectivity index (χ4v) is 4.83. The zero-order chi connectivity index (χ0) is 20.2. The number of rotatable bonds is 7. The molecule has 1 aromatic carbocycles. The van der Waals surface area contributed by atoms with Gasteiger partial charge in [0.25, 0.3) is 5.91 Å². The van der Waals surface area contributed by atoms with E-state index in [4.69, 9.17) is 4.74 Å². The third kappa shape index (κ3) is 5.81. The molecule has 1 saturated carbocycles. The average molecular weight is 478 g/mol. The quantitative estimate of drug-likeness (QED) is 0.661. The van der Waals surface area contributed by atoms with E-state index in [1.165, 1.54) is 4.88 Å². The Labute approximate surface area is 183 Å². The summed E-state index contributed by atoms with van der Waals surface area (Å²) in [5, 5.41) is 2.90. The number of piperazine rings is 1. The van der Waals surface area contributed by atoms with Crippen LogP contribution in [0.5, 0.6) is 5.75 Å². The second-order valence-electron chi connectivity index (χ2n) is 7.44. The van der Waals surface area contributed by atoms with Crippen LogP contribution < -0.4 is 10.1 Å². The number of benzene rings is 1. The molecule has 2 fully saturated rings. The standard InChI is InChI=1S/C21H24BrN3O3S/c22-19-7-6-18(29-19)13-24-8-10-25(11-9-24)20(26)14-28-17-3-1-2-16(12-17)23-21(27)15-4-5-15/h1-3,6-7,12,15H,4-5,8-11,13-14H2,(H,23,27). The molecule has 2 heterocycles. The van der Waals surface area contributed by atoms with E-state index >= 15 is 0 Å². The second kappa shape index (κ2) is 9.28. The second-order valence-corrected chi connectivity index (χ2v) is 9.99. The first-order valence-corrected chi connectivity index (χ1v) is 11.5. The largest absolute Gasteiger partial charge is 0.484 e. The van der Waals surface area contributed by atoms with Gasteiger partial charge in [0.2, 0.25) is 5.91 Å². The molecule has 1 aromatic heterocycles. The van der Waals surface area contributed by atoms with Crippen LogP contribution in [0.4, 0.5) is 5.69 Å². The van der Waals surface area contributed by atoms with Crippen molar-refractivity contribution in [3.05, 3.63) is 45.1 Å². The van der Waals surface area contributed by atoms with E-state index in [1.54, 1.807) is 23.5 Å². The molecule has 1 saturated heterocycles. The van der Waals surface area contributed by atoms with Crippen LogP contribution >= 0.6 is 27.3 Å². The van der Waals surface area contributed by atoms with Crippen molar-refractivity contribution in [2.45, 2.75) is 19.4 Å². The van der Waals surface area contributed by atoms with Gasteiger partial charge < -0.3 is 15.0 Å². The maximum Gasteiger partial charge on any atom is 0.260 e. The SMILES string of the molecule is O=C(Nc1cccc(OCC(=O)N2CCN(Cc3ccc(Br)s3)CC2)c1)C1CC1. The Morgan fingerprint density at radius 1 is 1.14 bits per heavy atom. The summed E-state index contributed by atoms with van der Waals surface area (Å²) in [5.41, 5.74) is 0.709. The van der Waals surface area contributed by atoms with Crippen molar-refractivity contribution in [2.75, 3.05) is 38.1 Å². The predicted molar refractivity (Wildman–Crippen MR) is 117 cm³/mol. The monoisotopic (exact) mass is 477 g/mol. The molecule has 154 valence electrons. The molecule has 0 radical (unpaired) electrons. The molecule has 0 bridgehead atoms. The molecule has 1 aliphatic heterocycles. The highest BCUT2D eigenvalue weighted by molar-refractivity contribution is 9.11. The van der Waals surface area contributed by atoms with Gasteiger partial charge in [0.05, 0.1) is 3.79 Å². The molecule has 4 rings (SSSR count). The smallest absolute Gasteiger partial charge is 0.260 e. The van der Waals surface area contributed by atoms with Gasteiger partial charge in [-0.15, -0.1) is 11.3 Å². The Kier molecular flexibility index (Phi) is 6.52. The number of carbonyl (C=O) groups excluding carboxylic acids is 2. The summed E-state index contributed by atoms with van der Waals surface area (Å²) in [6.07, 6.45) is 1.93. The van der Waals surface area contributed by atoms with Crippen LogP contribution in [0.25, 0.3) is 0 Å². The number of halogens is 1. The number of amides is 2. The lowest BCUT2D eigenvalue weighted by atomic mass is 10.2. The Bertz CT molecular complexity index is 876. The van der Waals surface area contributed by atoms with Crippen LogP contribution in [-0.2, 0) is 16.1 Å². The van der Waals surface area contributed by atoms with E-state index in [0.717, 1.165) is 36.3 Å². The van der Waals surface area contributed by atoms with E-state index in [-0.39, 0.29) is 24.3 Å². The third-order valence-corrected chi connectivity index (χ3v) is 6.75. The molecule has 2 aliphatic rings. The number of thiophene rings is 1. The number of ether oxygens (including phenoxy) is 1. The number of nitrogens with one attached hydrogen (secondary N) is 1. The van der Waals surface area contributed by atoms with E-state index in [9.17, 15) is 9.59 Å². The van der Waals surface area contributed by atoms with Crippen molar-refractivity contribution in [3.63, 3.8) is 0 Å². The molecule has 2 aromatic rings. The molecule has 0 unspecified atom stereocenters. The summed E-state index contributed by atoms with van der Waals surface area (Å²) in [4.78, 5) is 29.9. The van der Waals surface area contributed by atoms with Crippen molar-refractivity contribution in [1.29, 1.82) is 0 Å². The highest BCUT2D eigenvalue weighted by Gasteiger charge is 2.29. The zero-order valence-electron chi connectivity index (χ0n) is 16.1. The first-order valence-electron chi connectivity index (χ1n) is 9.85. The molecule has 8 heteroatoms. The van der Waals surface area contributed by atoms with Gasteiger partial charge >= 0.3 is 0 Å². The lowest BCUT2D eigenvalue weighted by Crippen LogP contribution is -2.49. The van der Waals surface area contributed by atoms with Crippen molar-refractivity contribution in [2.24, 2.45) is 5.92 Å². The highest BCUT2D eigenvalue weighted by atomic mass is 79.9. The van der Waals surface area contributed by atoms with Crippen molar-refractivity contribution >= 4 is 44.8 Å². The maximum absolute atomic E-state index is 12.5. The Balaban J connectivity index is 1.21. The third-order valence-electron chi connectivity index (χ3n) is 5.15. The number of nitrogens with zero attached hydrogens (tertiary/aromatic N) is 2. The first-order chi connectivity index (χ1) is 14.1. The Hall–Kier alpha value is -1.90. The molecule has 2 amide bonds. The van der Waals surface area contributed by atoms with Gasteiger partial charge in [-0.3, -0.25) is 14.5 Å². The van der Waals surface area contributed by atoms with Crippen LogP contribution in [0.15, 0.2) is 40.2 Å². The summed E-state index contributed by atoms with van der Waals surface area (Å²) in [5.74, 6) is 0.803. The Morgan fingerprint density at radius 3 is 2.62 bits per heavy atom. The van der Waals surface area contributed by atoms with Crippen molar-refractivity contribution < 1.29 is 14.3 Å². The van der Waals surface area contributed by atoms with Gasteiger partial charge in [-0.25, -0.2) is 0 Å². The van der Waals surface area contributed by atoms with Gasteiger partial charge in [-0.1, -0.05) is 6.07 Å². The molecular weight excluding hydrogens is 454 g/mol. The van der Waals surface area contributed by atoms with E-state index < -0.39 is 0 Å². The van der Waals surface area contributed by atoms with Crippen molar-refractivity contribution in [1.82, 2.24) is 9.80 Å². The summed E-state index contributed by atoms with van der Waals surface area (Å²) >= 11 is 5.25. The fraction of sp³-hybridized carbons (Fsp3) is 0.429. The summed E-state index contributed by atoms with van der Waals surface area (Å²) in [7, 11) is 0. The van der Waals surface area contributed by atoms with Crippen LogP contribution in [0.1, 0.15) is 17.7 Å². The summed E-state index contributed by atoms with van der Waals surface area (Å²) in [6.45, 7) is 4.10. The fourth-order valence-electron chi connectivity index (χ4n) is 3.30. The van der Waals surface area contributed by atoms with Gasteiger partial charge in [0.15, 0.2) is 6.61 Å². The minimum absolute atomic E-state index is 0.00376. The number of hydrogen-bond donors (Lipinski definition) is 1. The Morgan fingerprint density at radius 2 is 1.93 bits per heavy atom. The number of carbonyl (C=O) groups is 2. The number of hydrogen-bond acceptors (Lipinski definition) is 5. The molecule has 29 heavy (non-hydrogen) atoms. The lowest BCUT2D eigenvalue weighted by molar-refractivity contribution is -0.135. The average Bonchev–Trinajstić information content (AvgIpc) is 3.50. The normalized spacial score (nSPS) is 17.2. The van der Waals surface area contributed by atoms with E-state index in [2.05, 4.69) is 38.3 Å². The lowest BCUT2D eigenvalue weighted by Gasteiger charge is -2.34. The molecular formula is C21H24BrN3O3S. The van der Waals surface area contributed by atoms with Gasteiger partial charge in [-0.05, 0) is 53.0 Å². The minimum atomic E-state index is -0.00376. The van der Waals surface area contributed by atoms with E-state index in [0.29, 0.717) is 24.5 Å². The summed E-state index contributed by atoms with van der Waals surface area (Å²) in [6, 6.07) is 11.4. The molecule has 0 spiro atoms. The van der Waals surface area contributed by atoms with Crippen LogP contribution in [-0.4, -0.2) is 54.4 Å². The first kappa shape index (κ1) is 20.4. The molecule has 1 N–H and O–H groups in total. The van der Waals surface area contributed by atoms with E-state index in [1.807, 2.05) is 17.0 Å².